The van der Waals surface area contributed by atoms with Crippen LogP contribution in [0, 0.1) is 0 Å². The summed E-state index contributed by atoms with van der Waals surface area (Å²) in [5, 5.41) is 0. The molecule has 0 saturated heterocycles. The van der Waals surface area contributed by atoms with Crippen LogP contribution in [0.1, 0.15) is 31.0 Å². The highest BCUT2D eigenvalue weighted by Gasteiger charge is 2.07. The molecular formula is C13H17N3. The molecule has 0 radical (unpaired) electrons. The van der Waals surface area contributed by atoms with Crippen LogP contribution in [0.2, 0.25) is 0 Å². The van der Waals surface area contributed by atoms with Crippen LogP contribution in [0.15, 0.2) is 49.1 Å². The maximum atomic E-state index is 6.04. The fourth-order valence-corrected chi connectivity index (χ4v) is 1.31. The second-order valence-corrected chi connectivity index (χ2v) is 3.05. The molecule has 0 aliphatic heterocycles. The molecule has 0 aliphatic carbocycles. The van der Waals surface area contributed by atoms with Gasteiger partial charge < -0.3 is 5.73 Å². The summed E-state index contributed by atoms with van der Waals surface area (Å²) in [5.41, 5.74) is 8.04. The van der Waals surface area contributed by atoms with Gasteiger partial charge in [-0.05, 0) is 23.3 Å². The molecule has 2 aromatic rings. The summed E-state index contributed by atoms with van der Waals surface area (Å²) in [5.74, 6) is 0. The largest absolute Gasteiger partial charge is 0.320 e. The van der Waals surface area contributed by atoms with Crippen molar-refractivity contribution < 1.29 is 0 Å². The monoisotopic (exact) mass is 215 g/mol. The van der Waals surface area contributed by atoms with Crippen molar-refractivity contribution in [3.05, 3.63) is 60.2 Å². The summed E-state index contributed by atoms with van der Waals surface area (Å²) in [6.07, 6.45) is 7.02. The van der Waals surface area contributed by atoms with Crippen LogP contribution >= 0.6 is 0 Å². The van der Waals surface area contributed by atoms with Gasteiger partial charge in [-0.1, -0.05) is 26.0 Å². The minimum atomic E-state index is -0.141. The molecule has 0 spiro atoms. The summed E-state index contributed by atoms with van der Waals surface area (Å²) in [6, 6.07) is 7.55. The quantitative estimate of drug-likeness (QED) is 0.837. The van der Waals surface area contributed by atoms with Crippen molar-refractivity contribution >= 4 is 0 Å². The molecule has 0 unspecified atom stereocenters. The molecule has 0 aromatic carbocycles. The first-order valence-electron chi connectivity index (χ1n) is 5.43. The van der Waals surface area contributed by atoms with Gasteiger partial charge in [0.2, 0.25) is 0 Å². The van der Waals surface area contributed by atoms with Crippen molar-refractivity contribution in [1.29, 1.82) is 0 Å². The zero-order valence-electron chi connectivity index (χ0n) is 9.67. The molecule has 2 N–H and O–H groups in total. The van der Waals surface area contributed by atoms with Gasteiger partial charge in [-0.3, -0.25) is 9.97 Å². The number of nitrogens with two attached hydrogens (primary N) is 1. The van der Waals surface area contributed by atoms with E-state index in [1.54, 1.807) is 24.8 Å². The lowest BCUT2D eigenvalue weighted by Gasteiger charge is -2.10. The molecule has 3 nitrogen and oxygen atoms in total. The molecule has 84 valence electrons. The Morgan fingerprint density at radius 1 is 0.938 bits per heavy atom. The van der Waals surface area contributed by atoms with Crippen molar-refractivity contribution in [2.24, 2.45) is 5.73 Å². The van der Waals surface area contributed by atoms with Gasteiger partial charge in [0.15, 0.2) is 0 Å². The Kier molecular flexibility index (Phi) is 5.16. The summed E-state index contributed by atoms with van der Waals surface area (Å²) >= 11 is 0. The topological polar surface area (TPSA) is 51.8 Å². The van der Waals surface area contributed by atoms with Crippen molar-refractivity contribution in [1.82, 2.24) is 9.97 Å². The van der Waals surface area contributed by atoms with Crippen LogP contribution in [0.3, 0.4) is 0 Å². The Morgan fingerprint density at radius 2 is 1.38 bits per heavy atom. The maximum absolute atomic E-state index is 6.04. The fourth-order valence-electron chi connectivity index (χ4n) is 1.31. The first-order chi connectivity index (χ1) is 7.88. The molecular weight excluding hydrogens is 198 g/mol. The smallest absolute Gasteiger partial charge is 0.0582 e. The molecule has 0 amide bonds. The third kappa shape index (κ3) is 3.14. The van der Waals surface area contributed by atoms with Crippen LogP contribution in [0.4, 0.5) is 0 Å². The molecule has 0 saturated carbocycles. The van der Waals surface area contributed by atoms with Gasteiger partial charge in [-0.15, -0.1) is 0 Å². The van der Waals surface area contributed by atoms with Crippen molar-refractivity contribution in [2.75, 3.05) is 0 Å². The number of aromatic nitrogens is 2. The average molecular weight is 215 g/mol. The van der Waals surface area contributed by atoms with E-state index in [2.05, 4.69) is 9.97 Å². The maximum Gasteiger partial charge on any atom is 0.0582 e. The van der Waals surface area contributed by atoms with Crippen molar-refractivity contribution in [3.63, 3.8) is 0 Å². The van der Waals surface area contributed by atoms with Gasteiger partial charge in [0.25, 0.3) is 0 Å². The number of rotatable bonds is 2. The summed E-state index contributed by atoms with van der Waals surface area (Å²) in [4.78, 5) is 8.06. The highest BCUT2D eigenvalue weighted by molar-refractivity contribution is 5.26. The minimum Gasteiger partial charge on any atom is -0.320 e. The first kappa shape index (κ1) is 12.3. The van der Waals surface area contributed by atoms with Crippen LogP contribution < -0.4 is 5.73 Å². The summed E-state index contributed by atoms with van der Waals surface area (Å²) in [6.45, 7) is 4.00. The first-order valence-corrected chi connectivity index (χ1v) is 5.43. The van der Waals surface area contributed by atoms with Gasteiger partial charge in [0.05, 0.1) is 6.04 Å². The zero-order chi connectivity index (χ0) is 11.8. The van der Waals surface area contributed by atoms with E-state index in [4.69, 9.17) is 5.73 Å². The summed E-state index contributed by atoms with van der Waals surface area (Å²) < 4.78 is 0. The highest BCUT2D eigenvalue weighted by Crippen LogP contribution is 2.16. The third-order valence-corrected chi connectivity index (χ3v) is 2.09. The second-order valence-electron chi connectivity index (χ2n) is 3.05. The lowest BCUT2D eigenvalue weighted by atomic mass is 10.0. The molecule has 16 heavy (non-hydrogen) atoms. The molecule has 0 fully saturated rings. The average Bonchev–Trinajstić information content (AvgIpc) is 2.42. The highest BCUT2D eigenvalue weighted by atomic mass is 14.7. The lowest BCUT2D eigenvalue weighted by Crippen LogP contribution is -2.11. The van der Waals surface area contributed by atoms with E-state index >= 15 is 0 Å². The molecule has 2 rings (SSSR count). The standard InChI is InChI=1S/C11H11N3.C2H6/c12-11(9-3-1-5-13-7-9)10-4-2-6-14-8-10;1-2/h1-8,11H,12H2;1-2H3. The number of hydrogen-bond donors (Lipinski definition) is 1. The number of pyridine rings is 2. The van der Waals surface area contributed by atoms with E-state index in [9.17, 15) is 0 Å². The molecule has 2 aromatic heterocycles. The molecule has 2 heterocycles. The molecule has 0 bridgehead atoms. The zero-order valence-corrected chi connectivity index (χ0v) is 9.67. The predicted molar refractivity (Wildman–Crippen MR) is 65.9 cm³/mol. The Hall–Kier alpha value is -1.74. The molecule has 0 atom stereocenters. The van der Waals surface area contributed by atoms with Crippen LogP contribution in [-0.4, -0.2) is 9.97 Å². The van der Waals surface area contributed by atoms with E-state index in [-0.39, 0.29) is 6.04 Å². The normalized spacial score (nSPS) is 9.50. The van der Waals surface area contributed by atoms with Crippen LogP contribution in [0.25, 0.3) is 0 Å². The Labute approximate surface area is 96.4 Å². The fraction of sp³-hybridized carbons (Fsp3) is 0.231. The van der Waals surface area contributed by atoms with Gasteiger partial charge in [-0.2, -0.15) is 0 Å². The van der Waals surface area contributed by atoms with Crippen molar-refractivity contribution in [3.8, 4) is 0 Å². The number of nitrogens with zero attached hydrogens (tertiary/aromatic N) is 2. The third-order valence-electron chi connectivity index (χ3n) is 2.09. The van der Waals surface area contributed by atoms with Crippen LogP contribution in [0.5, 0.6) is 0 Å². The van der Waals surface area contributed by atoms with Crippen molar-refractivity contribution in [2.45, 2.75) is 19.9 Å². The molecule has 0 aliphatic rings. The molecule has 3 heteroatoms. The van der Waals surface area contributed by atoms with E-state index in [0.717, 1.165) is 11.1 Å². The van der Waals surface area contributed by atoms with E-state index in [1.807, 2.05) is 38.1 Å². The van der Waals surface area contributed by atoms with E-state index < -0.39 is 0 Å². The van der Waals surface area contributed by atoms with Gasteiger partial charge in [0, 0.05) is 24.8 Å². The van der Waals surface area contributed by atoms with Gasteiger partial charge in [-0.25, -0.2) is 0 Å². The van der Waals surface area contributed by atoms with E-state index in [0.29, 0.717) is 0 Å². The van der Waals surface area contributed by atoms with Crippen LogP contribution in [-0.2, 0) is 0 Å². The van der Waals surface area contributed by atoms with Gasteiger partial charge >= 0.3 is 0 Å². The number of hydrogen-bond acceptors (Lipinski definition) is 3. The Morgan fingerprint density at radius 3 is 1.69 bits per heavy atom. The predicted octanol–water partition coefficient (Wildman–Crippen LogP) is 2.55. The lowest BCUT2D eigenvalue weighted by molar-refractivity contribution is 0.855. The SMILES string of the molecule is CC.NC(c1cccnc1)c1cccnc1. The minimum absolute atomic E-state index is 0.141. The van der Waals surface area contributed by atoms with Gasteiger partial charge in [0.1, 0.15) is 0 Å². The van der Waals surface area contributed by atoms with E-state index in [1.165, 1.54) is 0 Å². The Bertz CT molecular complexity index is 347. The second kappa shape index (κ2) is 6.69. The Balaban J connectivity index is 0.000000606. The summed E-state index contributed by atoms with van der Waals surface area (Å²) in [7, 11) is 0.